The van der Waals surface area contributed by atoms with Crippen molar-refractivity contribution in [2.45, 2.75) is 25.7 Å². The minimum absolute atomic E-state index is 0.0411. The smallest absolute Gasteiger partial charge is 0.216 e. The minimum atomic E-state index is -0.0590. The van der Waals surface area contributed by atoms with Crippen LogP contribution in [-0.2, 0) is 9.59 Å². The van der Waals surface area contributed by atoms with Crippen molar-refractivity contribution in [3.8, 4) is 0 Å². The van der Waals surface area contributed by atoms with Crippen molar-refractivity contribution in [3.05, 3.63) is 65.7 Å². The molecule has 0 radical (unpaired) electrons. The number of carbonyl (C=O) groups excluding carboxylic acids is 2. The van der Waals surface area contributed by atoms with Gasteiger partial charge in [0.15, 0.2) is 0 Å². The van der Waals surface area contributed by atoms with E-state index >= 15 is 0 Å². The van der Waals surface area contributed by atoms with Gasteiger partial charge in [-0.1, -0.05) is 42.5 Å². The van der Waals surface area contributed by atoms with Gasteiger partial charge in [-0.15, -0.1) is 0 Å². The summed E-state index contributed by atoms with van der Waals surface area (Å²) in [6, 6.07) is 18.5. The van der Waals surface area contributed by atoms with Crippen molar-refractivity contribution in [2.24, 2.45) is 0 Å². The number of anilines is 1. The second-order valence-corrected chi connectivity index (χ2v) is 6.98. The summed E-state index contributed by atoms with van der Waals surface area (Å²) in [5.41, 5.74) is 3.39. The predicted molar refractivity (Wildman–Crippen MR) is 110 cm³/mol. The van der Waals surface area contributed by atoms with Crippen LogP contribution in [0.5, 0.6) is 0 Å². The molecule has 0 aromatic heterocycles. The zero-order valence-electron chi connectivity index (χ0n) is 16.5. The molecule has 2 N–H and O–H groups in total. The van der Waals surface area contributed by atoms with Crippen molar-refractivity contribution in [2.75, 3.05) is 32.1 Å². The summed E-state index contributed by atoms with van der Waals surface area (Å²) >= 11 is 0. The largest absolute Gasteiger partial charge is 0.378 e. The first-order chi connectivity index (χ1) is 12.9. The van der Waals surface area contributed by atoms with Crippen LogP contribution in [0.15, 0.2) is 54.6 Å². The van der Waals surface area contributed by atoms with Gasteiger partial charge < -0.3 is 15.5 Å². The third-order valence-electron chi connectivity index (χ3n) is 4.69. The molecule has 5 nitrogen and oxygen atoms in total. The summed E-state index contributed by atoms with van der Waals surface area (Å²) < 4.78 is 0. The Labute approximate surface area is 161 Å². The lowest BCUT2D eigenvalue weighted by molar-refractivity contribution is -0.120. The number of hydrogen-bond donors (Lipinski definition) is 2. The number of nitrogens with one attached hydrogen (secondary N) is 2. The summed E-state index contributed by atoms with van der Waals surface area (Å²) in [5.74, 6) is -0.0278. The third kappa shape index (κ3) is 6.13. The quantitative estimate of drug-likeness (QED) is 0.754. The van der Waals surface area contributed by atoms with Crippen LogP contribution in [0.3, 0.4) is 0 Å². The number of rotatable bonds is 8. The Morgan fingerprint density at radius 3 is 1.63 bits per heavy atom. The molecular weight excluding hydrogens is 338 g/mol. The molecule has 2 rings (SSSR count). The van der Waals surface area contributed by atoms with Crippen LogP contribution in [0.1, 0.15) is 36.8 Å². The Kier molecular flexibility index (Phi) is 7.41. The van der Waals surface area contributed by atoms with E-state index in [0.717, 1.165) is 16.8 Å². The molecule has 0 saturated heterocycles. The lowest BCUT2D eigenvalue weighted by atomic mass is 9.81. The zero-order chi connectivity index (χ0) is 19.8. The van der Waals surface area contributed by atoms with E-state index in [4.69, 9.17) is 0 Å². The highest BCUT2D eigenvalue weighted by Gasteiger charge is 2.25. The summed E-state index contributed by atoms with van der Waals surface area (Å²) in [6.07, 6.45) is 0. The number of hydrogen-bond acceptors (Lipinski definition) is 3. The Morgan fingerprint density at radius 1 is 0.778 bits per heavy atom. The zero-order valence-corrected chi connectivity index (χ0v) is 16.5. The fourth-order valence-corrected chi connectivity index (χ4v) is 3.21. The van der Waals surface area contributed by atoms with Crippen LogP contribution in [0, 0.1) is 0 Å². The van der Waals surface area contributed by atoms with Gasteiger partial charge in [-0.2, -0.15) is 0 Å². The Hall–Kier alpha value is -2.82. The summed E-state index contributed by atoms with van der Waals surface area (Å²) in [4.78, 5) is 25.2. The number of amides is 2. The molecular formula is C22H29N3O2. The molecule has 2 aromatic carbocycles. The molecule has 0 aliphatic heterocycles. The van der Waals surface area contributed by atoms with E-state index in [1.807, 2.05) is 32.3 Å². The molecule has 0 aliphatic rings. The molecule has 0 saturated carbocycles. The average molecular weight is 367 g/mol. The topological polar surface area (TPSA) is 61.4 Å². The number of benzene rings is 2. The van der Waals surface area contributed by atoms with Crippen LogP contribution >= 0.6 is 0 Å². The van der Waals surface area contributed by atoms with E-state index in [9.17, 15) is 9.59 Å². The number of carbonyl (C=O) groups is 2. The molecule has 27 heavy (non-hydrogen) atoms. The standard InChI is InChI=1S/C22H29N3O2/c1-16(26)23-14-21(18-8-6-5-7-9-18)22(15-24-17(2)27)19-10-12-20(13-11-19)25(3)4/h5-13,21-22H,14-15H2,1-4H3,(H,23,26)(H,24,27). The second-order valence-electron chi connectivity index (χ2n) is 6.98. The van der Waals surface area contributed by atoms with Gasteiger partial charge in [0.2, 0.25) is 11.8 Å². The van der Waals surface area contributed by atoms with Gasteiger partial charge in [0.05, 0.1) is 0 Å². The first-order valence-corrected chi connectivity index (χ1v) is 9.19. The van der Waals surface area contributed by atoms with Gasteiger partial charge in [0, 0.05) is 58.6 Å². The highest BCUT2D eigenvalue weighted by atomic mass is 16.2. The molecule has 0 spiro atoms. The van der Waals surface area contributed by atoms with Gasteiger partial charge >= 0.3 is 0 Å². The molecule has 0 fully saturated rings. The summed E-state index contributed by atoms with van der Waals surface area (Å²) in [7, 11) is 4.01. The van der Waals surface area contributed by atoms with Crippen molar-refractivity contribution < 1.29 is 9.59 Å². The van der Waals surface area contributed by atoms with Crippen LogP contribution in [0.25, 0.3) is 0 Å². The highest BCUT2D eigenvalue weighted by molar-refractivity contribution is 5.73. The Bertz CT molecular complexity index is 742. The maximum Gasteiger partial charge on any atom is 0.216 e. The molecule has 0 bridgehead atoms. The minimum Gasteiger partial charge on any atom is -0.378 e. The summed E-state index contributed by atoms with van der Waals surface area (Å²) in [6.45, 7) is 4.07. The predicted octanol–water partition coefficient (Wildman–Crippen LogP) is 2.89. The van der Waals surface area contributed by atoms with Crippen molar-refractivity contribution in [3.63, 3.8) is 0 Å². The van der Waals surface area contributed by atoms with E-state index in [1.54, 1.807) is 0 Å². The van der Waals surface area contributed by atoms with Gasteiger partial charge in [-0.25, -0.2) is 0 Å². The molecule has 2 amide bonds. The molecule has 144 valence electrons. The van der Waals surface area contributed by atoms with E-state index in [-0.39, 0.29) is 23.7 Å². The van der Waals surface area contributed by atoms with Crippen molar-refractivity contribution in [1.29, 1.82) is 0 Å². The molecule has 0 aliphatic carbocycles. The van der Waals surface area contributed by atoms with E-state index in [0.29, 0.717) is 13.1 Å². The molecule has 0 heterocycles. The first kappa shape index (κ1) is 20.5. The van der Waals surface area contributed by atoms with Gasteiger partial charge in [0.1, 0.15) is 0 Å². The number of nitrogens with zero attached hydrogens (tertiary/aromatic N) is 1. The monoisotopic (exact) mass is 367 g/mol. The highest BCUT2D eigenvalue weighted by Crippen LogP contribution is 2.33. The van der Waals surface area contributed by atoms with Gasteiger partial charge in [-0.3, -0.25) is 9.59 Å². The lowest BCUT2D eigenvalue weighted by Gasteiger charge is -2.29. The van der Waals surface area contributed by atoms with E-state index in [2.05, 4.69) is 51.9 Å². The normalized spacial score (nSPS) is 12.7. The molecule has 5 heteroatoms. The van der Waals surface area contributed by atoms with Crippen LogP contribution in [-0.4, -0.2) is 39.0 Å². The SMILES string of the molecule is CC(=O)NCC(c1ccccc1)C(CNC(C)=O)c1ccc(N(C)C)cc1. The van der Waals surface area contributed by atoms with E-state index in [1.165, 1.54) is 13.8 Å². The lowest BCUT2D eigenvalue weighted by Crippen LogP contribution is -2.34. The third-order valence-corrected chi connectivity index (χ3v) is 4.69. The van der Waals surface area contributed by atoms with Crippen LogP contribution in [0.4, 0.5) is 5.69 Å². The van der Waals surface area contributed by atoms with Gasteiger partial charge in [-0.05, 0) is 23.3 Å². The van der Waals surface area contributed by atoms with Crippen LogP contribution < -0.4 is 15.5 Å². The van der Waals surface area contributed by atoms with E-state index < -0.39 is 0 Å². The molecule has 2 aromatic rings. The first-order valence-electron chi connectivity index (χ1n) is 9.19. The van der Waals surface area contributed by atoms with Crippen molar-refractivity contribution >= 4 is 17.5 Å². The Balaban J connectivity index is 2.39. The van der Waals surface area contributed by atoms with Crippen molar-refractivity contribution in [1.82, 2.24) is 10.6 Å². The second kappa shape index (κ2) is 9.76. The Morgan fingerprint density at radius 2 is 1.22 bits per heavy atom. The maximum atomic E-state index is 11.6. The summed E-state index contributed by atoms with van der Waals surface area (Å²) in [5, 5.41) is 5.91. The molecule has 2 unspecified atom stereocenters. The fourth-order valence-electron chi connectivity index (χ4n) is 3.21. The van der Waals surface area contributed by atoms with Gasteiger partial charge in [0.25, 0.3) is 0 Å². The van der Waals surface area contributed by atoms with Crippen LogP contribution in [0.2, 0.25) is 0 Å². The average Bonchev–Trinajstić information content (AvgIpc) is 2.64. The molecule has 2 atom stereocenters. The fraction of sp³-hybridized carbons (Fsp3) is 0.364. The maximum absolute atomic E-state index is 11.6.